The fraction of sp³-hybridized carbons (Fsp3) is 0.324. The van der Waals surface area contributed by atoms with E-state index in [4.69, 9.17) is 10.00 Å². The predicted octanol–water partition coefficient (Wildman–Crippen LogP) is 6.14. The van der Waals surface area contributed by atoms with Crippen molar-refractivity contribution in [2.24, 2.45) is 0 Å². The number of alkyl halides is 3. The molecule has 8 nitrogen and oxygen atoms in total. The molecule has 2 saturated heterocycles. The summed E-state index contributed by atoms with van der Waals surface area (Å²) in [5.41, 5.74) is 2.39. The quantitative estimate of drug-likeness (QED) is 0.271. The molecule has 0 saturated carbocycles. The lowest BCUT2D eigenvalue weighted by Gasteiger charge is -2.33. The Balaban J connectivity index is 0.990. The Bertz CT molecular complexity index is 1710. The molecular formula is C34H32F3N5O3. The maximum Gasteiger partial charge on any atom is 0.416 e. The van der Waals surface area contributed by atoms with Crippen LogP contribution in [0.2, 0.25) is 0 Å². The van der Waals surface area contributed by atoms with Crippen LogP contribution in [0.1, 0.15) is 57.7 Å². The van der Waals surface area contributed by atoms with Crippen molar-refractivity contribution in [2.45, 2.75) is 44.0 Å². The molecule has 2 aliphatic rings. The van der Waals surface area contributed by atoms with Crippen molar-refractivity contribution in [2.75, 3.05) is 31.1 Å². The second-order valence-corrected chi connectivity index (χ2v) is 11.5. The van der Waals surface area contributed by atoms with Crippen LogP contribution in [0.15, 0.2) is 72.8 Å². The van der Waals surface area contributed by atoms with E-state index in [9.17, 15) is 22.8 Å². The number of piperidine rings is 2. The summed E-state index contributed by atoms with van der Waals surface area (Å²) < 4.78 is 44.9. The third-order valence-electron chi connectivity index (χ3n) is 8.52. The first-order valence-corrected chi connectivity index (χ1v) is 15.0. The van der Waals surface area contributed by atoms with Crippen LogP contribution in [0.25, 0.3) is 10.9 Å². The molecule has 0 radical (unpaired) electrons. The second kappa shape index (κ2) is 12.6. The Kier molecular flexibility index (Phi) is 8.39. The van der Waals surface area contributed by atoms with Crippen LogP contribution in [0, 0.1) is 11.3 Å². The molecule has 2 aliphatic heterocycles. The average molecular weight is 616 g/mol. The molecule has 1 aromatic heterocycles. The number of hydrogen-bond donors (Lipinski definition) is 2. The Morgan fingerprint density at radius 2 is 1.58 bits per heavy atom. The van der Waals surface area contributed by atoms with Gasteiger partial charge in [0.05, 0.1) is 17.2 Å². The molecule has 232 valence electrons. The third kappa shape index (κ3) is 6.90. The summed E-state index contributed by atoms with van der Waals surface area (Å²) in [6, 6.07) is 21.3. The smallest absolute Gasteiger partial charge is 0.416 e. The van der Waals surface area contributed by atoms with Crippen molar-refractivity contribution < 1.29 is 27.5 Å². The number of ether oxygens (including phenoxy) is 1. The van der Waals surface area contributed by atoms with E-state index in [1.54, 1.807) is 35.2 Å². The van der Waals surface area contributed by atoms with Crippen LogP contribution < -0.4 is 15.0 Å². The monoisotopic (exact) mass is 615 g/mol. The lowest BCUT2D eigenvalue weighted by Crippen LogP contribution is -2.46. The largest absolute Gasteiger partial charge is 0.490 e. The van der Waals surface area contributed by atoms with Gasteiger partial charge in [-0.25, -0.2) is 0 Å². The van der Waals surface area contributed by atoms with E-state index >= 15 is 0 Å². The van der Waals surface area contributed by atoms with Gasteiger partial charge < -0.3 is 24.8 Å². The summed E-state index contributed by atoms with van der Waals surface area (Å²) in [5, 5.41) is 12.9. The van der Waals surface area contributed by atoms with E-state index < -0.39 is 11.7 Å². The van der Waals surface area contributed by atoms with Crippen molar-refractivity contribution in [3.63, 3.8) is 0 Å². The van der Waals surface area contributed by atoms with Gasteiger partial charge >= 0.3 is 6.18 Å². The summed E-state index contributed by atoms with van der Waals surface area (Å²) in [6.07, 6.45) is -1.63. The first kappa shape index (κ1) is 30.1. The SMILES string of the molecule is N#Cc1ccc(C(=O)N2CCC(NC(=O)c3cc4ccc(OC5CCN(c6ccc(C(F)(F)F)cc6)CC5)cc4[nH]3)CC2)cc1. The summed E-state index contributed by atoms with van der Waals surface area (Å²) in [7, 11) is 0. The molecule has 2 fully saturated rings. The van der Waals surface area contributed by atoms with Gasteiger partial charge in [0.1, 0.15) is 17.5 Å². The number of likely N-dealkylation sites (tertiary alicyclic amines) is 1. The van der Waals surface area contributed by atoms with E-state index in [0.717, 1.165) is 41.6 Å². The van der Waals surface area contributed by atoms with Gasteiger partial charge in [0.25, 0.3) is 11.8 Å². The fourth-order valence-electron chi connectivity index (χ4n) is 5.95. The molecule has 11 heteroatoms. The Morgan fingerprint density at radius 3 is 2.22 bits per heavy atom. The minimum atomic E-state index is -4.35. The standard InChI is InChI=1S/C34H32F3N5O3/c35-34(36,37)25-6-8-27(9-7-25)41-17-13-28(14-18-41)45-29-10-5-24-19-31(40-30(24)20-29)32(43)39-26-11-15-42(16-12-26)33(44)23-3-1-22(21-38)2-4-23/h1-10,19-20,26,28,40H,11-18H2,(H,39,43). The maximum atomic E-state index is 13.1. The van der Waals surface area contributed by atoms with Crippen molar-refractivity contribution in [1.82, 2.24) is 15.2 Å². The van der Waals surface area contributed by atoms with Gasteiger partial charge in [0.2, 0.25) is 0 Å². The van der Waals surface area contributed by atoms with Crippen LogP contribution in [0.4, 0.5) is 18.9 Å². The van der Waals surface area contributed by atoms with Gasteiger partial charge in [-0.3, -0.25) is 9.59 Å². The van der Waals surface area contributed by atoms with Gasteiger partial charge in [-0.2, -0.15) is 18.4 Å². The number of carbonyl (C=O) groups is 2. The molecule has 0 spiro atoms. The Labute approximate surface area is 258 Å². The number of aromatic nitrogens is 1. The molecule has 2 amide bonds. The number of fused-ring (bicyclic) bond motifs is 1. The molecule has 45 heavy (non-hydrogen) atoms. The number of nitrogens with zero attached hydrogens (tertiary/aromatic N) is 3. The second-order valence-electron chi connectivity index (χ2n) is 11.5. The van der Waals surface area contributed by atoms with Crippen LogP contribution in [-0.4, -0.2) is 60.0 Å². The van der Waals surface area contributed by atoms with Crippen molar-refractivity contribution >= 4 is 28.4 Å². The van der Waals surface area contributed by atoms with Crippen molar-refractivity contribution in [3.05, 3.63) is 95.2 Å². The third-order valence-corrected chi connectivity index (χ3v) is 8.52. The zero-order chi connectivity index (χ0) is 31.6. The number of carbonyl (C=O) groups excluding carboxylic acids is 2. The predicted molar refractivity (Wildman–Crippen MR) is 163 cm³/mol. The number of benzene rings is 3. The van der Waals surface area contributed by atoms with Gasteiger partial charge in [-0.05, 0) is 79.6 Å². The van der Waals surface area contributed by atoms with Crippen LogP contribution in [0.5, 0.6) is 5.75 Å². The summed E-state index contributed by atoms with van der Waals surface area (Å²) >= 11 is 0. The molecule has 3 aromatic carbocycles. The normalized spacial score (nSPS) is 16.4. The van der Waals surface area contributed by atoms with Gasteiger partial charge in [0, 0.05) is 73.3 Å². The molecule has 0 aliphatic carbocycles. The molecule has 4 aromatic rings. The van der Waals surface area contributed by atoms with E-state index in [2.05, 4.69) is 15.2 Å². The van der Waals surface area contributed by atoms with E-state index in [1.807, 2.05) is 24.3 Å². The lowest BCUT2D eigenvalue weighted by molar-refractivity contribution is -0.137. The highest BCUT2D eigenvalue weighted by molar-refractivity contribution is 5.98. The number of nitriles is 1. The highest BCUT2D eigenvalue weighted by Gasteiger charge is 2.31. The zero-order valence-electron chi connectivity index (χ0n) is 24.4. The lowest BCUT2D eigenvalue weighted by atomic mass is 10.0. The zero-order valence-corrected chi connectivity index (χ0v) is 24.4. The van der Waals surface area contributed by atoms with Crippen LogP contribution in [-0.2, 0) is 6.18 Å². The first-order chi connectivity index (χ1) is 21.7. The summed E-state index contributed by atoms with van der Waals surface area (Å²) in [4.78, 5) is 32.9. The number of H-pyrrole nitrogens is 1. The highest BCUT2D eigenvalue weighted by atomic mass is 19.4. The minimum Gasteiger partial charge on any atom is -0.490 e. The van der Waals surface area contributed by atoms with Crippen molar-refractivity contribution in [3.8, 4) is 11.8 Å². The molecule has 2 N–H and O–H groups in total. The van der Waals surface area contributed by atoms with Crippen LogP contribution in [0.3, 0.4) is 0 Å². The maximum absolute atomic E-state index is 13.1. The molecular weight excluding hydrogens is 583 g/mol. The van der Waals surface area contributed by atoms with Gasteiger partial charge in [0.15, 0.2) is 0 Å². The molecule has 0 bridgehead atoms. The van der Waals surface area contributed by atoms with Crippen molar-refractivity contribution in [1.29, 1.82) is 5.26 Å². The topological polar surface area (TPSA) is 101 Å². The number of anilines is 1. The molecule has 0 unspecified atom stereocenters. The fourth-order valence-corrected chi connectivity index (χ4v) is 5.95. The summed E-state index contributed by atoms with van der Waals surface area (Å²) in [6.45, 7) is 2.40. The average Bonchev–Trinajstić information content (AvgIpc) is 3.49. The number of rotatable bonds is 6. The van der Waals surface area contributed by atoms with E-state index in [-0.39, 0.29) is 24.0 Å². The number of amides is 2. The first-order valence-electron chi connectivity index (χ1n) is 15.0. The Morgan fingerprint density at radius 1 is 0.889 bits per heavy atom. The number of hydrogen-bond acceptors (Lipinski definition) is 5. The van der Waals surface area contributed by atoms with Crippen LogP contribution >= 0.6 is 0 Å². The molecule has 3 heterocycles. The number of halogens is 3. The number of aromatic amines is 1. The minimum absolute atomic E-state index is 0.0273. The number of nitrogens with one attached hydrogen (secondary N) is 2. The molecule has 6 rings (SSSR count). The van der Waals surface area contributed by atoms with Gasteiger partial charge in [-0.1, -0.05) is 0 Å². The van der Waals surface area contributed by atoms with Gasteiger partial charge in [-0.15, -0.1) is 0 Å². The van der Waals surface area contributed by atoms with E-state index in [1.165, 1.54) is 12.1 Å². The summed E-state index contributed by atoms with van der Waals surface area (Å²) in [5.74, 6) is 0.396. The molecule has 0 atom stereocenters. The van der Waals surface area contributed by atoms with E-state index in [0.29, 0.717) is 61.6 Å². The Hall–Kier alpha value is -4.98. The highest BCUT2D eigenvalue weighted by Crippen LogP contribution is 2.32.